The summed E-state index contributed by atoms with van der Waals surface area (Å²) >= 11 is 5.67. The summed E-state index contributed by atoms with van der Waals surface area (Å²) in [6.45, 7) is -0.0587. The first-order valence-corrected chi connectivity index (χ1v) is 7.77. The molecule has 0 aliphatic heterocycles. The van der Waals surface area contributed by atoms with Crippen LogP contribution >= 0.6 is 11.6 Å². The van der Waals surface area contributed by atoms with Crippen LogP contribution in [0.4, 0.5) is 5.69 Å². The first kappa shape index (κ1) is 18.4. The summed E-state index contributed by atoms with van der Waals surface area (Å²) in [6.07, 6.45) is 0.657. The maximum atomic E-state index is 11.9. The van der Waals surface area contributed by atoms with E-state index in [4.69, 9.17) is 16.3 Å². The molecular weight excluding hydrogens is 348 g/mol. The fourth-order valence-corrected chi connectivity index (χ4v) is 2.22. The van der Waals surface area contributed by atoms with Crippen LogP contribution < -0.4 is 5.32 Å². The van der Waals surface area contributed by atoms with Crippen molar-refractivity contribution < 1.29 is 19.2 Å². The van der Waals surface area contributed by atoms with Crippen LogP contribution in [-0.2, 0) is 16.0 Å². The highest BCUT2D eigenvalue weighted by molar-refractivity contribution is 6.32. The lowest BCUT2D eigenvalue weighted by Gasteiger charge is -2.07. The Morgan fingerprint density at radius 3 is 2.56 bits per heavy atom. The summed E-state index contributed by atoms with van der Waals surface area (Å²) in [7, 11) is 0. The lowest BCUT2D eigenvalue weighted by molar-refractivity contribution is -0.384. The summed E-state index contributed by atoms with van der Waals surface area (Å²) in [6, 6.07) is 13.1. The van der Waals surface area contributed by atoms with Gasteiger partial charge in [0.25, 0.3) is 11.6 Å². The van der Waals surface area contributed by atoms with E-state index in [0.29, 0.717) is 13.0 Å². The summed E-state index contributed by atoms with van der Waals surface area (Å²) in [5.41, 5.74) is 0.630. The van der Waals surface area contributed by atoms with Crippen LogP contribution in [0.1, 0.15) is 15.9 Å². The van der Waals surface area contributed by atoms with Gasteiger partial charge in [-0.3, -0.25) is 14.9 Å². The Labute approximate surface area is 148 Å². The number of nitrogens with zero attached hydrogens (tertiary/aromatic N) is 1. The minimum atomic E-state index is -0.835. The van der Waals surface area contributed by atoms with Crippen molar-refractivity contribution in [2.75, 3.05) is 13.2 Å². The molecule has 0 spiro atoms. The number of rotatable bonds is 7. The molecule has 0 aliphatic rings. The lowest BCUT2D eigenvalue weighted by atomic mass is 10.1. The molecule has 0 saturated heterocycles. The van der Waals surface area contributed by atoms with Crippen LogP contribution in [0.2, 0.25) is 5.02 Å². The van der Waals surface area contributed by atoms with Gasteiger partial charge in [-0.15, -0.1) is 0 Å². The van der Waals surface area contributed by atoms with E-state index in [-0.39, 0.29) is 10.6 Å². The first-order chi connectivity index (χ1) is 12.0. The third-order valence-corrected chi connectivity index (χ3v) is 3.61. The molecule has 0 unspecified atom stereocenters. The largest absolute Gasteiger partial charge is 0.452 e. The number of nitro benzene ring substituents is 1. The minimum absolute atomic E-state index is 0.0480. The van der Waals surface area contributed by atoms with Crippen LogP contribution in [0.15, 0.2) is 48.5 Å². The molecule has 0 saturated carbocycles. The van der Waals surface area contributed by atoms with E-state index >= 15 is 0 Å². The van der Waals surface area contributed by atoms with E-state index in [1.54, 1.807) is 0 Å². The molecule has 8 heteroatoms. The summed E-state index contributed by atoms with van der Waals surface area (Å²) < 4.78 is 4.85. The van der Waals surface area contributed by atoms with Gasteiger partial charge in [-0.25, -0.2) is 4.79 Å². The van der Waals surface area contributed by atoms with Gasteiger partial charge >= 0.3 is 5.97 Å². The second kappa shape index (κ2) is 8.79. The standard InChI is InChI=1S/C17H15ClN2O5/c18-14-7-6-13(10-15(14)20(23)24)17(22)25-11-16(21)19-9-8-12-4-2-1-3-5-12/h1-7,10H,8-9,11H2,(H,19,21). The number of carbonyl (C=O) groups is 2. The van der Waals surface area contributed by atoms with E-state index in [1.807, 2.05) is 30.3 Å². The molecule has 2 aromatic rings. The van der Waals surface area contributed by atoms with Gasteiger partial charge in [0.15, 0.2) is 6.61 Å². The second-order valence-corrected chi connectivity index (χ2v) is 5.49. The van der Waals surface area contributed by atoms with E-state index < -0.39 is 29.1 Å². The van der Waals surface area contributed by atoms with E-state index in [9.17, 15) is 19.7 Å². The zero-order chi connectivity index (χ0) is 18.2. The number of esters is 1. The Morgan fingerprint density at radius 1 is 1.16 bits per heavy atom. The quantitative estimate of drug-likeness (QED) is 0.464. The number of nitrogens with one attached hydrogen (secondary N) is 1. The molecule has 7 nitrogen and oxygen atoms in total. The Balaban J connectivity index is 1.80. The molecule has 25 heavy (non-hydrogen) atoms. The maximum Gasteiger partial charge on any atom is 0.338 e. The van der Waals surface area contributed by atoms with Crippen LogP contribution in [0.25, 0.3) is 0 Å². The molecule has 0 aromatic heterocycles. The van der Waals surface area contributed by atoms with Crippen LogP contribution in [-0.4, -0.2) is 30.0 Å². The molecule has 0 fully saturated rings. The fourth-order valence-electron chi connectivity index (χ4n) is 2.04. The molecule has 1 N–H and O–H groups in total. The Kier molecular flexibility index (Phi) is 6.47. The van der Waals surface area contributed by atoms with Crippen molar-refractivity contribution in [3.8, 4) is 0 Å². The summed E-state index contributed by atoms with van der Waals surface area (Å²) in [5, 5.41) is 13.4. The third-order valence-electron chi connectivity index (χ3n) is 3.29. The second-order valence-electron chi connectivity index (χ2n) is 5.08. The van der Waals surface area contributed by atoms with Crippen molar-refractivity contribution >= 4 is 29.2 Å². The highest BCUT2D eigenvalue weighted by Gasteiger charge is 2.17. The smallest absolute Gasteiger partial charge is 0.338 e. The molecule has 2 rings (SSSR count). The highest BCUT2D eigenvalue weighted by Crippen LogP contribution is 2.25. The zero-order valence-electron chi connectivity index (χ0n) is 13.1. The number of ether oxygens (including phenoxy) is 1. The van der Waals surface area contributed by atoms with Crippen molar-refractivity contribution in [3.63, 3.8) is 0 Å². The molecule has 0 radical (unpaired) electrons. The van der Waals surface area contributed by atoms with Crippen molar-refractivity contribution in [1.29, 1.82) is 0 Å². The molecule has 1 amide bonds. The van der Waals surface area contributed by atoms with Crippen molar-refractivity contribution in [2.45, 2.75) is 6.42 Å². The normalized spacial score (nSPS) is 10.1. The predicted octanol–water partition coefficient (Wildman–Crippen LogP) is 2.76. The maximum absolute atomic E-state index is 11.9. The van der Waals surface area contributed by atoms with Gasteiger partial charge < -0.3 is 10.1 Å². The average molecular weight is 363 g/mol. The van der Waals surface area contributed by atoms with Gasteiger partial charge in [0.1, 0.15) is 5.02 Å². The summed E-state index contributed by atoms with van der Waals surface area (Å²) in [5.74, 6) is -1.29. The van der Waals surface area contributed by atoms with Crippen LogP contribution in [0.5, 0.6) is 0 Å². The van der Waals surface area contributed by atoms with Gasteiger partial charge in [-0.1, -0.05) is 41.9 Å². The van der Waals surface area contributed by atoms with Gasteiger partial charge in [0.05, 0.1) is 10.5 Å². The van der Waals surface area contributed by atoms with Gasteiger partial charge in [-0.2, -0.15) is 0 Å². The van der Waals surface area contributed by atoms with Crippen molar-refractivity contribution in [1.82, 2.24) is 5.32 Å². The lowest BCUT2D eigenvalue weighted by Crippen LogP contribution is -2.30. The minimum Gasteiger partial charge on any atom is -0.452 e. The Bertz CT molecular complexity index is 780. The fraction of sp³-hybridized carbons (Fsp3) is 0.176. The molecule has 2 aromatic carbocycles. The SMILES string of the molecule is O=C(COC(=O)c1ccc(Cl)c([N+](=O)[O-])c1)NCCc1ccccc1. The Morgan fingerprint density at radius 2 is 1.88 bits per heavy atom. The highest BCUT2D eigenvalue weighted by atomic mass is 35.5. The average Bonchev–Trinajstić information content (AvgIpc) is 2.60. The topological polar surface area (TPSA) is 98.5 Å². The van der Waals surface area contributed by atoms with E-state index in [0.717, 1.165) is 11.6 Å². The molecule has 0 bridgehead atoms. The third kappa shape index (κ3) is 5.58. The summed E-state index contributed by atoms with van der Waals surface area (Å²) in [4.78, 5) is 33.6. The first-order valence-electron chi connectivity index (χ1n) is 7.39. The van der Waals surface area contributed by atoms with Crippen molar-refractivity contribution in [3.05, 3.63) is 74.8 Å². The van der Waals surface area contributed by atoms with Crippen LogP contribution in [0, 0.1) is 10.1 Å². The molecular formula is C17H15ClN2O5. The van der Waals surface area contributed by atoms with Gasteiger partial charge in [0.2, 0.25) is 0 Å². The molecule has 0 atom stereocenters. The number of carbonyl (C=O) groups excluding carboxylic acids is 2. The number of nitro groups is 1. The number of halogens is 1. The van der Waals surface area contributed by atoms with Gasteiger partial charge in [-0.05, 0) is 24.1 Å². The number of amides is 1. The molecule has 130 valence electrons. The monoisotopic (exact) mass is 362 g/mol. The molecule has 0 aliphatic carbocycles. The number of hydrogen-bond donors (Lipinski definition) is 1. The van der Waals surface area contributed by atoms with Crippen LogP contribution in [0.3, 0.4) is 0 Å². The zero-order valence-corrected chi connectivity index (χ0v) is 13.9. The predicted molar refractivity (Wildman–Crippen MR) is 91.5 cm³/mol. The van der Waals surface area contributed by atoms with Crippen molar-refractivity contribution in [2.24, 2.45) is 0 Å². The Hall–Kier alpha value is -2.93. The van der Waals surface area contributed by atoms with E-state index in [2.05, 4.69) is 5.32 Å². The van der Waals surface area contributed by atoms with E-state index in [1.165, 1.54) is 12.1 Å². The number of benzene rings is 2. The molecule has 0 heterocycles. The van der Waals surface area contributed by atoms with Gasteiger partial charge in [0, 0.05) is 12.6 Å². The number of hydrogen-bond acceptors (Lipinski definition) is 5.